The molecule has 0 bridgehead atoms. The predicted octanol–water partition coefficient (Wildman–Crippen LogP) is 3.06. The minimum atomic E-state index is 0. The summed E-state index contributed by atoms with van der Waals surface area (Å²) in [6.45, 7) is 8.51. The van der Waals surface area contributed by atoms with E-state index in [0.29, 0.717) is 5.96 Å². The van der Waals surface area contributed by atoms with Crippen molar-refractivity contribution in [3.8, 4) is 0 Å². The zero-order chi connectivity index (χ0) is 19.2. The number of anilines is 1. The molecule has 1 aliphatic heterocycles. The Hall–Kier alpha value is -1.68. The average Bonchev–Trinajstić information content (AvgIpc) is 3.23. The number of hydrogen-bond acceptors (Lipinski definition) is 4. The van der Waals surface area contributed by atoms with Crippen LogP contribution in [-0.4, -0.2) is 43.0 Å². The Kier molecular flexibility index (Phi) is 8.68. The number of rotatable bonds is 6. The first-order chi connectivity index (χ1) is 13.1. The maximum absolute atomic E-state index is 12.6. The van der Waals surface area contributed by atoms with E-state index in [1.54, 1.807) is 11.3 Å². The van der Waals surface area contributed by atoms with Gasteiger partial charge in [-0.25, -0.2) is 9.98 Å². The van der Waals surface area contributed by atoms with Crippen LogP contribution in [-0.2, 0) is 17.6 Å². The number of carbonyl (C=O) groups is 1. The summed E-state index contributed by atoms with van der Waals surface area (Å²) >= 11 is 1.74. The maximum atomic E-state index is 12.6. The smallest absolute Gasteiger partial charge is 0.248 e. The number of amides is 1. The summed E-state index contributed by atoms with van der Waals surface area (Å²) < 4.78 is 0. The molecule has 0 saturated heterocycles. The quantitative estimate of drug-likeness (QED) is 0.354. The highest BCUT2D eigenvalue weighted by Gasteiger charge is 2.23. The summed E-state index contributed by atoms with van der Waals surface area (Å²) in [7, 11) is 0. The van der Waals surface area contributed by atoms with Crippen molar-refractivity contribution in [2.45, 2.75) is 33.6 Å². The molecule has 0 aliphatic carbocycles. The zero-order valence-corrected chi connectivity index (χ0v) is 19.8. The molecule has 0 spiro atoms. The molecule has 28 heavy (non-hydrogen) atoms. The van der Waals surface area contributed by atoms with Crippen LogP contribution in [0.3, 0.4) is 0 Å². The van der Waals surface area contributed by atoms with E-state index in [9.17, 15) is 4.79 Å². The fourth-order valence-electron chi connectivity index (χ4n) is 3.11. The molecule has 152 valence electrons. The van der Waals surface area contributed by atoms with E-state index in [1.165, 1.54) is 10.4 Å². The fourth-order valence-corrected chi connectivity index (χ4v) is 4.04. The molecule has 2 N–H and O–H groups in total. The number of thiazole rings is 1. The van der Waals surface area contributed by atoms with Gasteiger partial charge in [0.05, 0.1) is 10.7 Å². The van der Waals surface area contributed by atoms with Gasteiger partial charge in [0.15, 0.2) is 5.96 Å². The third-order valence-electron chi connectivity index (χ3n) is 4.61. The molecule has 1 aromatic heterocycles. The van der Waals surface area contributed by atoms with Gasteiger partial charge in [-0.1, -0.05) is 18.2 Å². The maximum Gasteiger partial charge on any atom is 0.248 e. The molecule has 0 unspecified atom stereocenters. The molecule has 8 heteroatoms. The first-order valence-corrected chi connectivity index (χ1v) is 10.2. The number of aromatic nitrogens is 1. The Balaban J connectivity index is 0.00000280. The minimum Gasteiger partial charge on any atom is -0.357 e. The Morgan fingerprint density at radius 3 is 2.79 bits per heavy atom. The van der Waals surface area contributed by atoms with Gasteiger partial charge in [0.2, 0.25) is 5.91 Å². The van der Waals surface area contributed by atoms with E-state index < -0.39 is 0 Å². The van der Waals surface area contributed by atoms with Crippen molar-refractivity contribution in [2.24, 2.45) is 4.99 Å². The third-order valence-corrected chi connectivity index (χ3v) is 5.74. The van der Waals surface area contributed by atoms with Crippen molar-refractivity contribution in [1.82, 2.24) is 15.6 Å². The number of nitrogens with zero attached hydrogens (tertiary/aromatic N) is 3. The van der Waals surface area contributed by atoms with Gasteiger partial charge in [-0.15, -0.1) is 35.3 Å². The second kappa shape index (κ2) is 10.8. The van der Waals surface area contributed by atoms with Crippen LogP contribution in [0.15, 0.2) is 29.3 Å². The number of carbonyl (C=O) groups excluding carboxylic acids is 1. The standard InChI is InChI=1S/C20H27N5OS.HI/c1-4-21-20(22-11-9-18-24-14(2)15(3)27-18)23-13-19(26)25-12-10-16-7-5-6-8-17(16)25;/h5-8H,4,9-13H2,1-3H3,(H2,21,22,23);1H. The molecular weight excluding hydrogens is 485 g/mol. The van der Waals surface area contributed by atoms with Crippen molar-refractivity contribution in [1.29, 1.82) is 0 Å². The van der Waals surface area contributed by atoms with Gasteiger partial charge >= 0.3 is 0 Å². The molecule has 1 amide bonds. The summed E-state index contributed by atoms with van der Waals surface area (Å²) in [4.78, 5) is 24.7. The molecule has 0 atom stereocenters. The highest BCUT2D eigenvalue weighted by Crippen LogP contribution is 2.27. The molecule has 0 fully saturated rings. The largest absolute Gasteiger partial charge is 0.357 e. The van der Waals surface area contributed by atoms with Gasteiger partial charge in [0.25, 0.3) is 0 Å². The summed E-state index contributed by atoms with van der Waals surface area (Å²) in [6.07, 6.45) is 1.76. The Morgan fingerprint density at radius 2 is 2.07 bits per heavy atom. The van der Waals surface area contributed by atoms with Gasteiger partial charge in [0.1, 0.15) is 6.54 Å². The van der Waals surface area contributed by atoms with Gasteiger partial charge in [0, 0.05) is 36.6 Å². The number of halogens is 1. The summed E-state index contributed by atoms with van der Waals surface area (Å²) in [5.74, 6) is 0.701. The monoisotopic (exact) mass is 513 g/mol. The van der Waals surface area contributed by atoms with Crippen LogP contribution in [0.25, 0.3) is 0 Å². The first kappa shape index (κ1) is 22.6. The first-order valence-electron chi connectivity index (χ1n) is 9.42. The minimum absolute atomic E-state index is 0. The lowest BCUT2D eigenvalue weighted by Gasteiger charge is -2.17. The van der Waals surface area contributed by atoms with E-state index in [4.69, 9.17) is 0 Å². The van der Waals surface area contributed by atoms with Gasteiger partial charge in [-0.2, -0.15) is 0 Å². The van der Waals surface area contributed by atoms with E-state index in [2.05, 4.69) is 33.6 Å². The summed E-state index contributed by atoms with van der Waals surface area (Å²) in [5, 5.41) is 7.62. The van der Waals surface area contributed by atoms with Crippen molar-refractivity contribution in [3.63, 3.8) is 0 Å². The lowest BCUT2D eigenvalue weighted by Crippen LogP contribution is -2.39. The number of para-hydroxylation sites is 1. The van der Waals surface area contributed by atoms with Crippen molar-refractivity contribution < 1.29 is 4.79 Å². The molecule has 1 aliphatic rings. The van der Waals surface area contributed by atoms with Gasteiger partial charge < -0.3 is 15.5 Å². The molecular formula is C20H28IN5OS. The van der Waals surface area contributed by atoms with Gasteiger partial charge in [-0.3, -0.25) is 4.79 Å². The number of aliphatic imine (C=N–C) groups is 1. The highest BCUT2D eigenvalue weighted by atomic mass is 127. The van der Waals surface area contributed by atoms with Gasteiger partial charge in [-0.05, 0) is 38.8 Å². The van der Waals surface area contributed by atoms with Crippen molar-refractivity contribution >= 4 is 52.9 Å². The zero-order valence-electron chi connectivity index (χ0n) is 16.6. The SMILES string of the molecule is CCNC(=NCC(=O)N1CCc2ccccc21)NCCc1nc(C)c(C)s1.I. The van der Waals surface area contributed by atoms with Crippen LogP contribution in [0.1, 0.15) is 28.1 Å². The Bertz CT molecular complexity index is 816. The molecule has 0 radical (unpaired) electrons. The van der Waals surface area contributed by atoms with E-state index in [1.807, 2.05) is 36.9 Å². The summed E-state index contributed by atoms with van der Waals surface area (Å²) in [6, 6.07) is 8.08. The number of nitrogens with one attached hydrogen (secondary N) is 2. The topological polar surface area (TPSA) is 69.6 Å². The van der Waals surface area contributed by atoms with Crippen LogP contribution in [0.5, 0.6) is 0 Å². The molecule has 2 aromatic rings. The molecule has 1 aromatic carbocycles. The third kappa shape index (κ3) is 5.66. The Labute approximate surface area is 187 Å². The molecule has 2 heterocycles. The van der Waals surface area contributed by atoms with Crippen LogP contribution < -0.4 is 15.5 Å². The average molecular weight is 513 g/mol. The number of hydrogen-bond donors (Lipinski definition) is 2. The lowest BCUT2D eigenvalue weighted by molar-refractivity contribution is -0.117. The van der Waals surface area contributed by atoms with Crippen molar-refractivity contribution in [3.05, 3.63) is 45.4 Å². The van der Waals surface area contributed by atoms with Crippen LogP contribution in [0.2, 0.25) is 0 Å². The second-order valence-electron chi connectivity index (χ2n) is 6.55. The van der Waals surface area contributed by atoms with Crippen molar-refractivity contribution in [2.75, 3.05) is 31.1 Å². The van der Waals surface area contributed by atoms with E-state index >= 15 is 0 Å². The lowest BCUT2D eigenvalue weighted by atomic mass is 10.2. The Morgan fingerprint density at radius 1 is 1.29 bits per heavy atom. The van der Waals surface area contributed by atoms with E-state index in [-0.39, 0.29) is 36.4 Å². The number of aryl methyl sites for hydroxylation is 2. The molecule has 3 rings (SSSR count). The number of fused-ring (bicyclic) bond motifs is 1. The van der Waals surface area contributed by atoms with Crippen LogP contribution >= 0.6 is 35.3 Å². The molecule has 0 saturated carbocycles. The number of guanidine groups is 1. The van der Waals surface area contributed by atoms with Crippen LogP contribution in [0.4, 0.5) is 5.69 Å². The predicted molar refractivity (Wildman–Crippen MR) is 127 cm³/mol. The highest BCUT2D eigenvalue weighted by molar-refractivity contribution is 14.0. The summed E-state index contributed by atoms with van der Waals surface area (Å²) in [5.41, 5.74) is 3.35. The normalized spacial score (nSPS) is 13.1. The number of benzene rings is 1. The van der Waals surface area contributed by atoms with E-state index in [0.717, 1.165) is 48.9 Å². The second-order valence-corrected chi connectivity index (χ2v) is 7.83. The fraction of sp³-hybridized carbons (Fsp3) is 0.450. The van der Waals surface area contributed by atoms with Crippen LogP contribution in [0, 0.1) is 13.8 Å². The molecule has 6 nitrogen and oxygen atoms in total.